The summed E-state index contributed by atoms with van der Waals surface area (Å²) in [7, 11) is 1.47. The Bertz CT molecular complexity index is 1150. The van der Waals surface area contributed by atoms with E-state index >= 15 is 0 Å². The molecule has 1 N–H and O–H groups in total. The fraction of sp³-hybridized carbons (Fsp3) is 0.150. The van der Waals surface area contributed by atoms with E-state index in [-0.39, 0.29) is 17.2 Å². The predicted molar refractivity (Wildman–Crippen MR) is 97.9 cm³/mol. The van der Waals surface area contributed by atoms with Crippen molar-refractivity contribution in [2.75, 3.05) is 7.05 Å². The number of hydrogen-bond acceptors (Lipinski definition) is 3. The quantitative estimate of drug-likeness (QED) is 0.698. The Kier molecular flexibility index (Phi) is 4.80. The number of nitrogens with zero attached hydrogens (tertiary/aromatic N) is 1. The van der Waals surface area contributed by atoms with Crippen molar-refractivity contribution in [1.29, 1.82) is 0 Å². The number of fused-ring (bicyclic) bond motifs is 1. The first-order chi connectivity index (χ1) is 13.1. The molecule has 2 aromatic carbocycles. The van der Waals surface area contributed by atoms with Gasteiger partial charge < -0.3 is 5.32 Å². The molecule has 1 heterocycles. The summed E-state index contributed by atoms with van der Waals surface area (Å²) in [5.74, 6) is -0.837. The molecule has 0 aliphatic rings. The highest BCUT2D eigenvalue weighted by molar-refractivity contribution is 6.01. The minimum atomic E-state index is -4.50. The second kappa shape index (κ2) is 6.95. The van der Waals surface area contributed by atoms with E-state index in [9.17, 15) is 27.6 Å². The standard InChI is InChI=1S/C20H15F3N2O3/c1-11(26)16-10-13-9-12(18(27)24-2)3-8-17(13)25(19(16)28)15-6-4-14(5-7-15)20(21,22)23/h3-10H,1-2H3,(H,24,27). The molecule has 0 saturated heterocycles. The number of hydrogen-bond donors (Lipinski definition) is 1. The van der Waals surface area contributed by atoms with E-state index in [2.05, 4.69) is 5.32 Å². The molecule has 5 nitrogen and oxygen atoms in total. The Morgan fingerprint density at radius 1 is 1.00 bits per heavy atom. The van der Waals surface area contributed by atoms with Crippen LogP contribution in [0.2, 0.25) is 0 Å². The number of carbonyl (C=O) groups is 2. The summed E-state index contributed by atoms with van der Waals surface area (Å²) < 4.78 is 39.6. The molecule has 1 amide bonds. The number of rotatable bonds is 3. The fourth-order valence-corrected chi connectivity index (χ4v) is 2.91. The van der Waals surface area contributed by atoms with Crippen LogP contribution in [0.5, 0.6) is 0 Å². The molecule has 0 spiro atoms. The molecule has 0 bridgehead atoms. The number of Topliss-reactive ketones (excluding diaryl/α,β-unsaturated/α-hetero) is 1. The van der Waals surface area contributed by atoms with Crippen molar-refractivity contribution in [2.24, 2.45) is 0 Å². The Balaban J connectivity index is 2.31. The Labute approximate surface area is 157 Å². The molecule has 1 aromatic heterocycles. The maximum atomic E-state index is 12.8. The van der Waals surface area contributed by atoms with Gasteiger partial charge in [-0.25, -0.2) is 0 Å². The van der Waals surface area contributed by atoms with Crippen molar-refractivity contribution < 1.29 is 22.8 Å². The highest BCUT2D eigenvalue weighted by Gasteiger charge is 2.30. The third kappa shape index (κ3) is 3.40. The first kappa shape index (κ1) is 19.3. The number of benzene rings is 2. The molecule has 0 aliphatic heterocycles. The summed E-state index contributed by atoms with van der Waals surface area (Å²) in [6.45, 7) is 1.22. The zero-order chi connectivity index (χ0) is 20.6. The minimum absolute atomic E-state index is 0.124. The summed E-state index contributed by atoms with van der Waals surface area (Å²) in [6, 6.07) is 9.98. The van der Waals surface area contributed by atoms with Gasteiger partial charge in [0.2, 0.25) is 0 Å². The number of nitrogens with one attached hydrogen (secondary N) is 1. The highest BCUT2D eigenvalue weighted by atomic mass is 19.4. The lowest BCUT2D eigenvalue weighted by Crippen LogP contribution is -2.25. The molecule has 144 valence electrons. The summed E-state index contributed by atoms with van der Waals surface area (Å²) in [4.78, 5) is 36.6. The van der Waals surface area contributed by atoms with Crippen LogP contribution in [0.25, 0.3) is 16.6 Å². The minimum Gasteiger partial charge on any atom is -0.355 e. The SMILES string of the molecule is CNC(=O)c1ccc2c(c1)cc(C(C)=O)c(=O)n2-c1ccc(C(F)(F)F)cc1. The van der Waals surface area contributed by atoms with Gasteiger partial charge in [0.25, 0.3) is 11.5 Å². The monoisotopic (exact) mass is 388 g/mol. The third-order valence-corrected chi connectivity index (χ3v) is 4.32. The van der Waals surface area contributed by atoms with Crippen molar-refractivity contribution in [3.05, 3.63) is 75.6 Å². The van der Waals surface area contributed by atoms with E-state index in [0.717, 1.165) is 12.1 Å². The van der Waals surface area contributed by atoms with Crippen LogP contribution in [0.4, 0.5) is 13.2 Å². The maximum Gasteiger partial charge on any atom is 0.416 e. The van der Waals surface area contributed by atoms with E-state index in [0.29, 0.717) is 16.5 Å². The average Bonchev–Trinajstić information content (AvgIpc) is 2.65. The molecule has 28 heavy (non-hydrogen) atoms. The Morgan fingerprint density at radius 2 is 1.64 bits per heavy atom. The van der Waals surface area contributed by atoms with Gasteiger partial charge in [0.15, 0.2) is 5.78 Å². The summed E-state index contributed by atoms with van der Waals surface area (Å²) in [5, 5.41) is 2.92. The van der Waals surface area contributed by atoms with E-state index in [1.807, 2.05) is 0 Å². The largest absolute Gasteiger partial charge is 0.416 e. The smallest absolute Gasteiger partial charge is 0.355 e. The predicted octanol–water partition coefficient (Wildman–Crippen LogP) is 3.57. The van der Waals surface area contributed by atoms with Gasteiger partial charge in [-0.2, -0.15) is 13.2 Å². The van der Waals surface area contributed by atoms with E-state index in [4.69, 9.17) is 0 Å². The Hall–Kier alpha value is -3.42. The van der Waals surface area contributed by atoms with Gasteiger partial charge in [0.1, 0.15) is 0 Å². The molecule has 0 atom stereocenters. The van der Waals surface area contributed by atoms with Crippen molar-refractivity contribution in [2.45, 2.75) is 13.1 Å². The van der Waals surface area contributed by atoms with E-state index in [1.165, 1.54) is 54.9 Å². The lowest BCUT2D eigenvalue weighted by Gasteiger charge is -2.14. The molecule has 3 aromatic rings. The number of halogens is 3. The normalized spacial score (nSPS) is 11.5. The van der Waals surface area contributed by atoms with Crippen molar-refractivity contribution in [3.63, 3.8) is 0 Å². The van der Waals surface area contributed by atoms with Gasteiger partial charge in [-0.05, 0) is 55.5 Å². The van der Waals surface area contributed by atoms with E-state index in [1.54, 1.807) is 0 Å². The number of carbonyl (C=O) groups excluding carboxylic acids is 2. The van der Waals surface area contributed by atoms with Gasteiger partial charge >= 0.3 is 6.18 Å². The van der Waals surface area contributed by atoms with Crippen LogP contribution in [-0.2, 0) is 6.18 Å². The van der Waals surface area contributed by atoms with Crippen molar-refractivity contribution in [3.8, 4) is 5.69 Å². The zero-order valence-corrected chi connectivity index (χ0v) is 14.9. The van der Waals surface area contributed by atoms with Crippen LogP contribution in [0.3, 0.4) is 0 Å². The molecule has 0 unspecified atom stereocenters. The zero-order valence-electron chi connectivity index (χ0n) is 14.9. The second-order valence-electron chi connectivity index (χ2n) is 6.15. The molecule has 8 heteroatoms. The molecular weight excluding hydrogens is 373 g/mol. The Morgan fingerprint density at radius 3 is 2.18 bits per heavy atom. The van der Waals surface area contributed by atoms with Crippen LogP contribution < -0.4 is 10.9 Å². The van der Waals surface area contributed by atoms with Crippen LogP contribution in [-0.4, -0.2) is 23.3 Å². The molecule has 0 radical (unpaired) electrons. The molecule has 0 saturated carbocycles. The maximum absolute atomic E-state index is 12.8. The molecule has 0 fully saturated rings. The van der Waals surface area contributed by atoms with Crippen LogP contribution >= 0.6 is 0 Å². The topological polar surface area (TPSA) is 68.2 Å². The van der Waals surface area contributed by atoms with Crippen LogP contribution in [0.1, 0.15) is 33.2 Å². The van der Waals surface area contributed by atoms with E-state index < -0.39 is 23.1 Å². The second-order valence-corrected chi connectivity index (χ2v) is 6.15. The van der Waals surface area contributed by atoms with Gasteiger partial charge in [-0.15, -0.1) is 0 Å². The van der Waals surface area contributed by atoms with Gasteiger partial charge in [-0.3, -0.25) is 19.0 Å². The summed E-state index contributed by atoms with van der Waals surface area (Å²) >= 11 is 0. The number of amides is 1. The van der Waals surface area contributed by atoms with Gasteiger partial charge in [0, 0.05) is 23.7 Å². The third-order valence-electron chi connectivity index (χ3n) is 4.32. The van der Waals surface area contributed by atoms with Crippen LogP contribution in [0.15, 0.2) is 53.3 Å². The summed E-state index contributed by atoms with van der Waals surface area (Å²) in [6.07, 6.45) is -4.50. The lowest BCUT2D eigenvalue weighted by atomic mass is 10.1. The number of alkyl halides is 3. The highest BCUT2D eigenvalue weighted by Crippen LogP contribution is 2.30. The molecular formula is C20H15F3N2O3. The number of pyridine rings is 1. The first-order valence-electron chi connectivity index (χ1n) is 8.24. The lowest BCUT2D eigenvalue weighted by molar-refractivity contribution is -0.137. The van der Waals surface area contributed by atoms with Crippen molar-refractivity contribution in [1.82, 2.24) is 9.88 Å². The van der Waals surface area contributed by atoms with Crippen LogP contribution in [0, 0.1) is 0 Å². The van der Waals surface area contributed by atoms with Crippen molar-refractivity contribution >= 4 is 22.6 Å². The number of ketones is 1. The molecule has 3 rings (SSSR count). The average molecular weight is 388 g/mol. The van der Waals surface area contributed by atoms with Gasteiger partial charge in [0.05, 0.1) is 16.6 Å². The van der Waals surface area contributed by atoms with Gasteiger partial charge in [-0.1, -0.05) is 0 Å². The fourth-order valence-electron chi connectivity index (χ4n) is 2.91. The molecule has 0 aliphatic carbocycles. The summed E-state index contributed by atoms with van der Waals surface area (Å²) in [5.41, 5.74) is -0.754. The first-order valence-corrected chi connectivity index (χ1v) is 8.24. The number of aromatic nitrogens is 1.